The minimum atomic E-state index is 0.491. The van der Waals surface area contributed by atoms with Gasteiger partial charge in [0.2, 0.25) is 0 Å². The van der Waals surface area contributed by atoms with Gasteiger partial charge in [-0.2, -0.15) is 0 Å². The highest BCUT2D eigenvalue weighted by Crippen LogP contribution is 2.41. The van der Waals surface area contributed by atoms with Gasteiger partial charge in [-0.3, -0.25) is 0 Å². The molecule has 0 bridgehead atoms. The maximum absolute atomic E-state index is 5.32. The van der Waals surface area contributed by atoms with Gasteiger partial charge in [-0.15, -0.1) is 0 Å². The van der Waals surface area contributed by atoms with E-state index in [0.717, 1.165) is 83.4 Å². The fourth-order valence-corrected chi connectivity index (χ4v) is 9.12. The SMILES string of the molecule is Cc1nc(C)nc(-c2ccc3c(c2)c2cc(-c4nc(C)nc(C)n4)ccc2n3-c2ccc(-c3cc(-c4ccccc4)nc(-c4ccccc4)n3)cc2-c2nc(-c3ccccc3)nc(-c3ccccc3)n2)n1. The summed E-state index contributed by atoms with van der Waals surface area (Å²) in [4.78, 5) is 54.1. The summed E-state index contributed by atoms with van der Waals surface area (Å²) in [6.45, 7) is 7.55. The number of aryl methyl sites for hydroxylation is 4. The summed E-state index contributed by atoms with van der Waals surface area (Å²) in [5, 5.41) is 1.96. The molecule has 0 atom stereocenters. The lowest BCUT2D eigenvalue weighted by Gasteiger charge is -2.17. The summed E-state index contributed by atoms with van der Waals surface area (Å²) >= 11 is 0. The van der Waals surface area contributed by atoms with Gasteiger partial charge in [0.15, 0.2) is 34.9 Å². The van der Waals surface area contributed by atoms with Crippen molar-refractivity contribution in [3.63, 3.8) is 0 Å². The summed E-state index contributed by atoms with van der Waals surface area (Å²) < 4.78 is 2.28. The lowest BCUT2D eigenvalue weighted by Crippen LogP contribution is -2.04. The van der Waals surface area contributed by atoms with Crippen molar-refractivity contribution in [3.05, 3.63) is 205 Å². The van der Waals surface area contributed by atoms with E-state index in [1.807, 2.05) is 137 Å². The van der Waals surface area contributed by atoms with Crippen molar-refractivity contribution in [3.8, 4) is 96.5 Å². The predicted molar refractivity (Wildman–Crippen MR) is 279 cm³/mol. The fourth-order valence-electron chi connectivity index (χ4n) is 9.12. The second kappa shape index (κ2) is 17.8. The predicted octanol–water partition coefficient (Wildman–Crippen LogP) is 12.7. The van der Waals surface area contributed by atoms with Gasteiger partial charge in [-0.1, -0.05) is 127 Å². The van der Waals surface area contributed by atoms with Crippen LogP contribution in [-0.2, 0) is 0 Å². The molecule has 71 heavy (non-hydrogen) atoms. The van der Waals surface area contributed by atoms with E-state index >= 15 is 0 Å². The molecule has 12 rings (SSSR count). The van der Waals surface area contributed by atoms with E-state index in [2.05, 4.69) is 87.3 Å². The van der Waals surface area contributed by atoms with Crippen LogP contribution < -0.4 is 0 Å². The van der Waals surface area contributed by atoms with Crippen LogP contribution in [-0.4, -0.2) is 59.4 Å². The minimum absolute atomic E-state index is 0.491. The number of nitrogens with zero attached hydrogens (tertiary/aromatic N) is 12. The molecule has 0 saturated carbocycles. The van der Waals surface area contributed by atoms with Crippen LogP contribution in [0.5, 0.6) is 0 Å². The number of hydrogen-bond donors (Lipinski definition) is 0. The molecule has 0 aliphatic heterocycles. The first kappa shape index (κ1) is 42.8. The van der Waals surface area contributed by atoms with E-state index in [9.17, 15) is 0 Å². The molecule has 0 aliphatic carbocycles. The molecular formula is C59H42N12. The van der Waals surface area contributed by atoms with E-state index in [4.69, 9.17) is 44.9 Å². The van der Waals surface area contributed by atoms with Crippen molar-refractivity contribution in [2.24, 2.45) is 0 Å². The highest BCUT2D eigenvalue weighted by molar-refractivity contribution is 6.12. The number of rotatable bonds is 9. The van der Waals surface area contributed by atoms with E-state index in [-0.39, 0.29) is 0 Å². The summed E-state index contributed by atoms with van der Waals surface area (Å²) in [7, 11) is 0. The summed E-state index contributed by atoms with van der Waals surface area (Å²) in [6, 6.07) is 61.5. The Morgan fingerprint density at radius 2 is 0.634 bits per heavy atom. The summed E-state index contributed by atoms with van der Waals surface area (Å²) in [5.41, 5.74) is 11.3. The fraction of sp³-hybridized carbons (Fsp3) is 0.0678. The topological polar surface area (TPSA) is 147 Å². The van der Waals surface area contributed by atoms with E-state index in [0.29, 0.717) is 58.2 Å². The molecule has 0 fully saturated rings. The van der Waals surface area contributed by atoms with Gasteiger partial charge >= 0.3 is 0 Å². The first-order valence-corrected chi connectivity index (χ1v) is 23.3. The first-order chi connectivity index (χ1) is 34.8. The third kappa shape index (κ3) is 8.33. The molecule has 0 radical (unpaired) electrons. The summed E-state index contributed by atoms with van der Waals surface area (Å²) in [5.74, 6) is 6.02. The highest BCUT2D eigenvalue weighted by Gasteiger charge is 2.23. The Labute approximate surface area is 409 Å². The van der Waals surface area contributed by atoms with Crippen LogP contribution in [0.3, 0.4) is 0 Å². The van der Waals surface area contributed by atoms with Crippen LogP contribution in [0.1, 0.15) is 23.3 Å². The van der Waals surface area contributed by atoms with Crippen molar-refractivity contribution in [2.45, 2.75) is 27.7 Å². The molecule has 12 aromatic rings. The van der Waals surface area contributed by atoms with E-state index in [1.54, 1.807) is 0 Å². The van der Waals surface area contributed by atoms with Gasteiger partial charge in [0.1, 0.15) is 23.3 Å². The third-order valence-electron chi connectivity index (χ3n) is 12.3. The number of benzene rings is 7. The standard InChI is InChI=1S/C59H42N12/c1-35-60-36(2)63-57(62-35)44-26-29-51-46(32-44)47-33-45(58-64-37(3)61-38(4)65-58)27-30-52(47)71(51)53-28-25-43(50-34-49(39-17-9-5-10-18-39)66-54(67-50)40-19-11-6-12-20-40)31-48(53)59-69-55(41-21-13-7-14-22-41)68-56(70-59)42-23-15-8-16-24-42/h5-34H,1-4H3. The van der Waals surface area contributed by atoms with Gasteiger partial charge in [-0.25, -0.2) is 54.8 Å². The van der Waals surface area contributed by atoms with Gasteiger partial charge in [0.25, 0.3) is 0 Å². The highest BCUT2D eigenvalue weighted by atomic mass is 15.1. The molecule has 0 saturated heterocycles. The zero-order chi connectivity index (χ0) is 48.0. The number of hydrogen-bond acceptors (Lipinski definition) is 11. The third-order valence-corrected chi connectivity index (χ3v) is 12.3. The Balaban J connectivity index is 1.15. The Hall–Kier alpha value is -9.55. The van der Waals surface area contributed by atoms with E-state index in [1.165, 1.54) is 0 Å². The quantitative estimate of drug-likeness (QED) is 0.136. The van der Waals surface area contributed by atoms with Crippen molar-refractivity contribution in [1.82, 2.24) is 59.4 Å². The molecule has 338 valence electrons. The van der Waals surface area contributed by atoms with Crippen LogP contribution in [0, 0.1) is 27.7 Å². The van der Waals surface area contributed by atoms with Gasteiger partial charge in [0.05, 0.1) is 28.1 Å². The monoisotopic (exact) mass is 918 g/mol. The largest absolute Gasteiger partial charge is 0.308 e. The van der Waals surface area contributed by atoms with Crippen LogP contribution in [0.15, 0.2) is 182 Å². The van der Waals surface area contributed by atoms with Crippen molar-refractivity contribution >= 4 is 21.8 Å². The lowest BCUT2D eigenvalue weighted by atomic mass is 10.0. The zero-order valence-electron chi connectivity index (χ0n) is 39.2. The maximum Gasteiger partial charge on any atom is 0.166 e. The Kier molecular flexibility index (Phi) is 10.7. The lowest BCUT2D eigenvalue weighted by molar-refractivity contribution is 0.928. The van der Waals surface area contributed by atoms with Crippen molar-refractivity contribution in [2.75, 3.05) is 0 Å². The average Bonchev–Trinajstić information content (AvgIpc) is 3.73. The van der Waals surface area contributed by atoms with Crippen LogP contribution in [0.4, 0.5) is 0 Å². The molecule has 0 unspecified atom stereocenters. The van der Waals surface area contributed by atoms with Gasteiger partial charge in [-0.05, 0) is 82.3 Å². The van der Waals surface area contributed by atoms with E-state index < -0.39 is 0 Å². The number of fused-ring (bicyclic) bond motifs is 3. The summed E-state index contributed by atoms with van der Waals surface area (Å²) in [6.07, 6.45) is 0. The molecule has 0 amide bonds. The molecule has 7 aromatic carbocycles. The van der Waals surface area contributed by atoms with Gasteiger partial charge < -0.3 is 4.57 Å². The van der Waals surface area contributed by atoms with Crippen molar-refractivity contribution < 1.29 is 0 Å². The number of aromatic nitrogens is 12. The Morgan fingerprint density at radius 1 is 0.268 bits per heavy atom. The molecule has 12 nitrogen and oxygen atoms in total. The zero-order valence-corrected chi connectivity index (χ0v) is 39.2. The van der Waals surface area contributed by atoms with Gasteiger partial charge in [0, 0.05) is 55.3 Å². The molecule has 0 spiro atoms. The van der Waals surface area contributed by atoms with Crippen LogP contribution in [0.2, 0.25) is 0 Å². The first-order valence-electron chi connectivity index (χ1n) is 23.3. The smallest absolute Gasteiger partial charge is 0.166 e. The van der Waals surface area contributed by atoms with Crippen LogP contribution >= 0.6 is 0 Å². The van der Waals surface area contributed by atoms with Crippen molar-refractivity contribution in [1.29, 1.82) is 0 Å². The molecule has 5 aromatic heterocycles. The maximum atomic E-state index is 5.32. The molecule has 5 heterocycles. The second-order valence-electron chi connectivity index (χ2n) is 17.3. The second-order valence-corrected chi connectivity index (χ2v) is 17.3. The Morgan fingerprint density at radius 3 is 1.08 bits per heavy atom. The van der Waals surface area contributed by atoms with Crippen LogP contribution in [0.25, 0.3) is 118 Å². The molecule has 12 heteroatoms. The molecule has 0 aliphatic rings. The average molecular weight is 919 g/mol. The minimum Gasteiger partial charge on any atom is -0.308 e. The normalized spacial score (nSPS) is 11.4. The molecular weight excluding hydrogens is 877 g/mol. The molecule has 0 N–H and O–H groups in total. The Bertz CT molecular complexity index is 3710.